The zero-order valence-electron chi connectivity index (χ0n) is 17.2. The van der Waals surface area contributed by atoms with Crippen molar-refractivity contribution in [3.05, 3.63) is 41.5 Å². The molecule has 2 fully saturated rings. The van der Waals surface area contributed by atoms with Crippen molar-refractivity contribution in [2.45, 2.75) is 38.6 Å². The van der Waals surface area contributed by atoms with Gasteiger partial charge in [-0.05, 0) is 63.2 Å². The van der Waals surface area contributed by atoms with E-state index in [-0.39, 0.29) is 5.91 Å². The summed E-state index contributed by atoms with van der Waals surface area (Å²) in [7, 11) is 3.67. The molecule has 1 aromatic rings. The zero-order valence-corrected chi connectivity index (χ0v) is 17.2. The van der Waals surface area contributed by atoms with Gasteiger partial charge in [-0.2, -0.15) is 0 Å². The van der Waals surface area contributed by atoms with E-state index in [1.54, 1.807) is 4.90 Å². The van der Waals surface area contributed by atoms with E-state index in [9.17, 15) is 4.79 Å². The molecule has 1 amide bonds. The summed E-state index contributed by atoms with van der Waals surface area (Å²) in [5.41, 5.74) is 2.81. The summed E-state index contributed by atoms with van der Waals surface area (Å²) in [5.74, 6) is 1.73. The highest BCUT2D eigenvalue weighted by Gasteiger charge is 2.38. The van der Waals surface area contributed by atoms with Crippen LogP contribution >= 0.6 is 0 Å². The maximum Gasteiger partial charge on any atom is 0.223 e. The molecule has 2 aliphatic rings. The number of carbonyl (C=O) groups excluding carboxylic acids is 1. The van der Waals surface area contributed by atoms with Crippen LogP contribution in [0.5, 0.6) is 0 Å². The maximum absolute atomic E-state index is 11.7. The van der Waals surface area contributed by atoms with E-state index >= 15 is 0 Å². The first-order chi connectivity index (χ1) is 13.0. The van der Waals surface area contributed by atoms with Gasteiger partial charge in [0.1, 0.15) is 0 Å². The van der Waals surface area contributed by atoms with Gasteiger partial charge in [-0.15, -0.1) is 0 Å². The number of likely N-dealkylation sites (tertiary alicyclic amines) is 1. The van der Waals surface area contributed by atoms with Gasteiger partial charge >= 0.3 is 0 Å². The number of nitrogens with one attached hydrogen (secondary N) is 1. The normalized spacial score (nSPS) is 24.0. The van der Waals surface area contributed by atoms with Gasteiger partial charge in [-0.1, -0.05) is 42.0 Å². The fourth-order valence-electron chi connectivity index (χ4n) is 4.05. The third-order valence-electron chi connectivity index (χ3n) is 6.09. The maximum atomic E-state index is 11.7. The SMILES string of the molecule is C/C(=C\c1ccccc1)[C@@H]1C[C@H]1NCC1CCN(CCC(=O)N(C)C)CC1. The first-order valence-corrected chi connectivity index (χ1v) is 10.4. The highest BCUT2D eigenvalue weighted by Crippen LogP contribution is 2.38. The summed E-state index contributed by atoms with van der Waals surface area (Å²) in [5, 5.41) is 3.80. The van der Waals surface area contributed by atoms with E-state index in [4.69, 9.17) is 0 Å². The fraction of sp³-hybridized carbons (Fsp3) is 0.609. The lowest BCUT2D eigenvalue weighted by molar-refractivity contribution is -0.129. The van der Waals surface area contributed by atoms with Crippen molar-refractivity contribution in [3.8, 4) is 0 Å². The van der Waals surface area contributed by atoms with Crippen LogP contribution in [-0.2, 0) is 4.79 Å². The molecule has 0 bridgehead atoms. The van der Waals surface area contributed by atoms with Gasteiger partial charge in [0.2, 0.25) is 5.91 Å². The number of benzene rings is 1. The molecule has 0 spiro atoms. The fourth-order valence-corrected chi connectivity index (χ4v) is 4.05. The molecule has 27 heavy (non-hydrogen) atoms. The molecule has 0 radical (unpaired) electrons. The number of amides is 1. The summed E-state index contributed by atoms with van der Waals surface area (Å²) in [6.07, 6.45) is 6.76. The topological polar surface area (TPSA) is 35.6 Å². The zero-order chi connectivity index (χ0) is 19.2. The van der Waals surface area contributed by atoms with Gasteiger partial charge in [0.15, 0.2) is 0 Å². The van der Waals surface area contributed by atoms with Crippen LogP contribution in [0.1, 0.15) is 38.2 Å². The number of hydrogen-bond acceptors (Lipinski definition) is 3. The average molecular weight is 370 g/mol. The number of rotatable bonds is 8. The Balaban J connectivity index is 1.32. The van der Waals surface area contributed by atoms with Crippen LogP contribution in [0.2, 0.25) is 0 Å². The second-order valence-corrected chi connectivity index (χ2v) is 8.48. The molecule has 2 atom stereocenters. The predicted molar refractivity (Wildman–Crippen MR) is 112 cm³/mol. The molecule has 0 unspecified atom stereocenters. The van der Waals surface area contributed by atoms with E-state index in [0.717, 1.165) is 32.1 Å². The highest BCUT2D eigenvalue weighted by atomic mass is 16.2. The number of piperidine rings is 1. The molecule has 1 aromatic carbocycles. The van der Waals surface area contributed by atoms with Crippen LogP contribution < -0.4 is 5.32 Å². The van der Waals surface area contributed by atoms with Crippen LogP contribution in [0.15, 0.2) is 35.9 Å². The number of carbonyl (C=O) groups is 1. The van der Waals surface area contributed by atoms with E-state index in [0.29, 0.717) is 18.4 Å². The van der Waals surface area contributed by atoms with Crippen molar-refractivity contribution in [2.75, 3.05) is 40.3 Å². The Morgan fingerprint density at radius 1 is 1.22 bits per heavy atom. The monoisotopic (exact) mass is 369 g/mol. The van der Waals surface area contributed by atoms with Crippen molar-refractivity contribution in [1.29, 1.82) is 0 Å². The van der Waals surface area contributed by atoms with Gasteiger partial charge < -0.3 is 15.1 Å². The molecule has 0 aromatic heterocycles. The molecule has 1 aliphatic heterocycles. The summed E-state index contributed by atoms with van der Waals surface area (Å²) in [6.45, 7) is 6.59. The third kappa shape index (κ3) is 6.18. The Kier molecular flexibility index (Phi) is 7.08. The second kappa shape index (κ2) is 9.52. The van der Waals surface area contributed by atoms with Crippen molar-refractivity contribution in [1.82, 2.24) is 15.1 Å². The molecule has 1 heterocycles. The van der Waals surface area contributed by atoms with Crippen molar-refractivity contribution in [2.24, 2.45) is 11.8 Å². The standard InChI is InChI=1S/C23H35N3O/c1-18(15-19-7-5-4-6-8-19)21-16-22(21)24-17-20-9-12-26(13-10-20)14-11-23(27)25(2)3/h4-8,15,20-22,24H,9-14,16-17H2,1-3H3/b18-15+/t21-,22+/m0/s1. The molecule has 1 N–H and O–H groups in total. The van der Waals surface area contributed by atoms with Crippen molar-refractivity contribution >= 4 is 12.0 Å². The van der Waals surface area contributed by atoms with Crippen LogP contribution in [0.3, 0.4) is 0 Å². The van der Waals surface area contributed by atoms with Crippen molar-refractivity contribution in [3.63, 3.8) is 0 Å². The summed E-state index contributed by atoms with van der Waals surface area (Å²) in [4.78, 5) is 15.9. The number of hydrogen-bond donors (Lipinski definition) is 1. The predicted octanol–water partition coefficient (Wildman–Crippen LogP) is 3.26. The average Bonchev–Trinajstić information content (AvgIpc) is 3.46. The second-order valence-electron chi connectivity index (χ2n) is 8.48. The summed E-state index contributed by atoms with van der Waals surface area (Å²) in [6, 6.07) is 11.3. The van der Waals surface area contributed by atoms with Gasteiger partial charge in [0, 0.05) is 33.1 Å². The van der Waals surface area contributed by atoms with Crippen LogP contribution in [0, 0.1) is 11.8 Å². The molecular weight excluding hydrogens is 334 g/mol. The minimum Gasteiger partial charge on any atom is -0.349 e. The Labute approximate surface area is 164 Å². The van der Waals surface area contributed by atoms with E-state index < -0.39 is 0 Å². The molecule has 4 nitrogen and oxygen atoms in total. The van der Waals surface area contributed by atoms with E-state index in [2.05, 4.69) is 53.5 Å². The highest BCUT2D eigenvalue weighted by molar-refractivity contribution is 5.75. The van der Waals surface area contributed by atoms with Crippen LogP contribution in [0.25, 0.3) is 6.08 Å². The third-order valence-corrected chi connectivity index (χ3v) is 6.09. The molecule has 3 rings (SSSR count). The number of nitrogens with zero attached hydrogens (tertiary/aromatic N) is 2. The molecule has 1 aliphatic carbocycles. The lowest BCUT2D eigenvalue weighted by Gasteiger charge is -2.32. The Hall–Kier alpha value is -1.65. The smallest absolute Gasteiger partial charge is 0.223 e. The quantitative estimate of drug-likeness (QED) is 0.764. The van der Waals surface area contributed by atoms with Gasteiger partial charge in [0.05, 0.1) is 0 Å². The molecule has 4 heteroatoms. The molecule has 1 saturated heterocycles. The van der Waals surface area contributed by atoms with Gasteiger partial charge in [0.25, 0.3) is 0 Å². The first-order valence-electron chi connectivity index (χ1n) is 10.4. The Bertz CT molecular complexity index is 632. The van der Waals surface area contributed by atoms with Crippen LogP contribution in [0.4, 0.5) is 0 Å². The largest absolute Gasteiger partial charge is 0.349 e. The minimum atomic E-state index is 0.234. The molecular formula is C23H35N3O. The van der Waals surface area contributed by atoms with E-state index in [1.807, 2.05) is 14.1 Å². The molecule has 148 valence electrons. The summed E-state index contributed by atoms with van der Waals surface area (Å²) >= 11 is 0. The van der Waals surface area contributed by atoms with Gasteiger partial charge in [-0.25, -0.2) is 0 Å². The van der Waals surface area contributed by atoms with Crippen LogP contribution in [-0.4, -0.2) is 62.0 Å². The minimum absolute atomic E-state index is 0.234. The Morgan fingerprint density at radius 2 is 1.93 bits per heavy atom. The van der Waals surface area contributed by atoms with E-state index in [1.165, 1.54) is 30.4 Å². The van der Waals surface area contributed by atoms with Gasteiger partial charge in [-0.3, -0.25) is 4.79 Å². The Morgan fingerprint density at radius 3 is 2.59 bits per heavy atom. The van der Waals surface area contributed by atoms with Crippen molar-refractivity contribution < 1.29 is 4.79 Å². The lowest BCUT2D eigenvalue weighted by Crippen LogP contribution is -2.39. The first kappa shape index (κ1) is 20.1. The summed E-state index contributed by atoms with van der Waals surface area (Å²) < 4.78 is 0. The molecule has 1 saturated carbocycles. The lowest BCUT2D eigenvalue weighted by atomic mass is 9.96.